The number of phenols is 1. The molecule has 2 heterocycles. The number of aromatic nitrogens is 4. The van der Waals surface area contributed by atoms with E-state index in [2.05, 4.69) is 20.4 Å². The zero-order chi connectivity index (χ0) is 17.8. The molecule has 3 rings (SSSR count). The highest BCUT2D eigenvalue weighted by Gasteiger charge is 2.12. The summed E-state index contributed by atoms with van der Waals surface area (Å²) >= 11 is 0. The van der Waals surface area contributed by atoms with Gasteiger partial charge in [0, 0.05) is 37.6 Å². The third-order valence-electron chi connectivity index (χ3n) is 4.08. The quantitative estimate of drug-likeness (QED) is 0.638. The van der Waals surface area contributed by atoms with Gasteiger partial charge in [-0.15, -0.1) is 0 Å². The number of aryl methyl sites for hydroxylation is 1. The minimum Gasteiger partial charge on any atom is -0.507 e. The number of nitrogens with one attached hydrogen (secondary N) is 1. The first-order valence-corrected chi connectivity index (χ1v) is 8.22. The third kappa shape index (κ3) is 3.77. The van der Waals surface area contributed by atoms with Crippen LogP contribution in [0.1, 0.15) is 13.3 Å². The van der Waals surface area contributed by atoms with Gasteiger partial charge in [0.05, 0.1) is 11.3 Å². The van der Waals surface area contributed by atoms with Gasteiger partial charge in [-0.05, 0) is 36.8 Å². The number of aromatic hydroxyl groups is 1. The molecule has 0 aliphatic rings. The Morgan fingerprint density at radius 1 is 1.24 bits per heavy atom. The number of rotatable bonds is 6. The molecular formula is C18H22N6O. The van der Waals surface area contributed by atoms with Gasteiger partial charge in [-0.1, -0.05) is 6.92 Å². The minimum atomic E-state index is 0.0694. The second-order valence-corrected chi connectivity index (χ2v) is 5.89. The van der Waals surface area contributed by atoms with Crippen molar-refractivity contribution in [1.29, 1.82) is 0 Å². The Labute approximate surface area is 146 Å². The van der Waals surface area contributed by atoms with Crippen molar-refractivity contribution < 1.29 is 5.11 Å². The predicted octanol–water partition coefficient (Wildman–Crippen LogP) is 2.40. The standard InChI is InChI=1S/C18H22N6O/c1-3-13(19)11-21-17-7-8-20-18(23-17)14-10-12(4-5-16(14)25)15-6-9-22-24(15)2/h4-10,13,25H,3,11,19H2,1-2H3,(H,20,21,23)/t13-/m0/s1. The van der Waals surface area contributed by atoms with Gasteiger partial charge in [-0.2, -0.15) is 5.10 Å². The Kier molecular flexibility index (Phi) is 4.95. The lowest BCUT2D eigenvalue weighted by molar-refractivity contribution is 0.477. The summed E-state index contributed by atoms with van der Waals surface area (Å²) in [5, 5.41) is 17.6. The average molecular weight is 338 g/mol. The topological polar surface area (TPSA) is 102 Å². The monoisotopic (exact) mass is 338 g/mol. The average Bonchev–Trinajstić information content (AvgIpc) is 3.06. The lowest BCUT2D eigenvalue weighted by Gasteiger charge is -2.12. The molecule has 7 nitrogen and oxygen atoms in total. The molecule has 130 valence electrons. The fourth-order valence-electron chi connectivity index (χ4n) is 2.50. The first-order chi connectivity index (χ1) is 12.1. The Balaban J connectivity index is 1.92. The summed E-state index contributed by atoms with van der Waals surface area (Å²) in [5.74, 6) is 1.27. The lowest BCUT2D eigenvalue weighted by Crippen LogP contribution is -2.28. The fraction of sp³-hybridized carbons (Fsp3) is 0.278. The van der Waals surface area contributed by atoms with E-state index in [-0.39, 0.29) is 11.8 Å². The van der Waals surface area contributed by atoms with Crippen LogP contribution in [0.3, 0.4) is 0 Å². The molecule has 0 fully saturated rings. The number of nitrogens with zero attached hydrogens (tertiary/aromatic N) is 4. The summed E-state index contributed by atoms with van der Waals surface area (Å²) in [6, 6.07) is 9.13. The summed E-state index contributed by atoms with van der Waals surface area (Å²) in [6.07, 6.45) is 4.29. The number of nitrogens with two attached hydrogens (primary N) is 1. The molecule has 0 saturated heterocycles. The van der Waals surface area contributed by atoms with Crippen molar-refractivity contribution in [3.05, 3.63) is 42.7 Å². The Morgan fingerprint density at radius 2 is 2.08 bits per heavy atom. The molecule has 4 N–H and O–H groups in total. The van der Waals surface area contributed by atoms with Gasteiger partial charge in [0.2, 0.25) is 0 Å². The molecule has 0 amide bonds. The van der Waals surface area contributed by atoms with E-state index < -0.39 is 0 Å². The van der Waals surface area contributed by atoms with Crippen LogP contribution in [0.15, 0.2) is 42.7 Å². The van der Waals surface area contributed by atoms with Crippen molar-refractivity contribution in [2.75, 3.05) is 11.9 Å². The highest BCUT2D eigenvalue weighted by atomic mass is 16.3. The lowest BCUT2D eigenvalue weighted by atomic mass is 10.1. The molecule has 0 unspecified atom stereocenters. The van der Waals surface area contributed by atoms with E-state index in [9.17, 15) is 5.11 Å². The summed E-state index contributed by atoms with van der Waals surface area (Å²) < 4.78 is 1.78. The number of anilines is 1. The molecule has 0 aliphatic heterocycles. The van der Waals surface area contributed by atoms with Crippen molar-refractivity contribution in [3.63, 3.8) is 0 Å². The maximum Gasteiger partial charge on any atom is 0.165 e. The fourth-order valence-corrected chi connectivity index (χ4v) is 2.50. The van der Waals surface area contributed by atoms with Crippen molar-refractivity contribution in [3.8, 4) is 28.4 Å². The van der Waals surface area contributed by atoms with Crippen molar-refractivity contribution in [2.45, 2.75) is 19.4 Å². The molecule has 1 aromatic carbocycles. The molecular weight excluding hydrogens is 316 g/mol. The molecule has 0 bridgehead atoms. The molecule has 1 atom stereocenters. The molecule has 0 saturated carbocycles. The van der Waals surface area contributed by atoms with Gasteiger partial charge in [-0.3, -0.25) is 4.68 Å². The van der Waals surface area contributed by atoms with E-state index in [0.717, 1.165) is 17.7 Å². The molecule has 0 aliphatic carbocycles. The van der Waals surface area contributed by atoms with Crippen LogP contribution in [-0.2, 0) is 7.05 Å². The molecule has 0 radical (unpaired) electrons. The number of phenolic OH excluding ortho intramolecular Hbond substituents is 1. The highest BCUT2D eigenvalue weighted by Crippen LogP contribution is 2.31. The zero-order valence-electron chi connectivity index (χ0n) is 14.3. The first-order valence-electron chi connectivity index (χ1n) is 8.22. The summed E-state index contributed by atoms with van der Waals surface area (Å²) in [5.41, 5.74) is 8.38. The van der Waals surface area contributed by atoms with Gasteiger partial charge in [0.1, 0.15) is 11.6 Å². The van der Waals surface area contributed by atoms with E-state index in [4.69, 9.17) is 5.73 Å². The number of hydrogen-bond donors (Lipinski definition) is 3. The highest BCUT2D eigenvalue weighted by molar-refractivity contribution is 5.73. The third-order valence-corrected chi connectivity index (χ3v) is 4.08. The van der Waals surface area contributed by atoms with Crippen LogP contribution in [0.25, 0.3) is 22.6 Å². The van der Waals surface area contributed by atoms with Crippen LogP contribution in [0.5, 0.6) is 5.75 Å². The van der Waals surface area contributed by atoms with E-state index in [1.807, 2.05) is 32.2 Å². The summed E-state index contributed by atoms with van der Waals surface area (Å²) in [4.78, 5) is 8.79. The Bertz CT molecular complexity index is 860. The Hall–Kier alpha value is -2.93. The van der Waals surface area contributed by atoms with Gasteiger partial charge >= 0.3 is 0 Å². The predicted molar refractivity (Wildman–Crippen MR) is 98.1 cm³/mol. The molecule has 7 heteroatoms. The summed E-state index contributed by atoms with van der Waals surface area (Å²) in [7, 11) is 1.87. The molecule has 3 aromatic rings. The minimum absolute atomic E-state index is 0.0694. The van der Waals surface area contributed by atoms with Crippen LogP contribution in [0.2, 0.25) is 0 Å². The van der Waals surface area contributed by atoms with E-state index in [1.165, 1.54) is 0 Å². The number of benzene rings is 1. The maximum absolute atomic E-state index is 10.3. The zero-order valence-corrected chi connectivity index (χ0v) is 14.3. The van der Waals surface area contributed by atoms with Crippen LogP contribution in [0, 0.1) is 0 Å². The number of hydrogen-bond acceptors (Lipinski definition) is 6. The SMILES string of the molecule is CC[C@H](N)CNc1ccnc(-c2cc(-c3ccnn3C)ccc2O)n1. The summed E-state index contributed by atoms with van der Waals surface area (Å²) in [6.45, 7) is 2.67. The molecule has 2 aromatic heterocycles. The van der Waals surface area contributed by atoms with Gasteiger partial charge in [-0.25, -0.2) is 9.97 Å². The smallest absolute Gasteiger partial charge is 0.165 e. The largest absolute Gasteiger partial charge is 0.507 e. The van der Waals surface area contributed by atoms with Crippen LogP contribution in [-0.4, -0.2) is 37.4 Å². The van der Waals surface area contributed by atoms with Crippen LogP contribution in [0.4, 0.5) is 5.82 Å². The Morgan fingerprint density at radius 3 is 2.80 bits per heavy atom. The normalized spacial score (nSPS) is 12.1. The van der Waals surface area contributed by atoms with E-state index >= 15 is 0 Å². The molecule has 0 spiro atoms. The van der Waals surface area contributed by atoms with E-state index in [1.54, 1.807) is 29.2 Å². The van der Waals surface area contributed by atoms with Crippen molar-refractivity contribution in [2.24, 2.45) is 12.8 Å². The first kappa shape index (κ1) is 16.9. The molecule has 25 heavy (non-hydrogen) atoms. The van der Waals surface area contributed by atoms with E-state index in [0.29, 0.717) is 23.8 Å². The van der Waals surface area contributed by atoms with Crippen LogP contribution >= 0.6 is 0 Å². The van der Waals surface area contributed by atoms with Crippen LogP contribution < -0.4 is 11.1 Å². The van der Waals surface area contributed by atoms with Crippen molar-refractivity contribution in [1.82, 2.24) is 19.7 Å². The van der Waals surface area contributed by atoms with Gasteiger partial charge < -0.3 is 16.2 Å². The second kappa shape index (κ2) is 7.31. The second-order valence-electron chi connectivity index (χ2n) is 5.89. The van der Waals surface area contributed by atoms with Crippen molar-refractivity contribution >= 4 is 5.82 Å². The maximum atomic E-state index is 10.3. The van der Waals surface area contributed by atoms with Gasteiger partial charge in [0.25, 0.3) is 0 Å². The van der Waals surface area contributed by atoms with Gasteiger partial charge in [0.15, 0.2) is 5.82 Å².